The van der Waals surface area contributed by atoms with Crippen molar-refractivity contribution < 1.29 is 0 Å². The molecule has 0 radical (unpaired) electrons. The quantitative estimate of drug-likeness (QED) is 0.343. The third kappa shape index (κ3) is 3.80. The zero-order chi connectivity index (χ0) is 23.2. The fourth-order valence-electron chi connectivity index (χ4n) is 5.68. The molecule has 0 atom stereocenters. The Labute approximate surface area is 204 Å². The van der Waals surface area contributed by atoms with Crippen molar-refractivity contribution in [1.29, 1.82) is 0 Å². The molecule has 0 bridgehead atoms. The minimum absolute atomic E-state index is 0.551. The van der Waals surface area contributed by atoms with Gasteiger partial charge in [0.2, 0.25) is 0 Å². The summed E-state index contributed by atoms with van der Waals surface area (Å²) in [6, 6.07) is 8.70. The van der Waals surface area contributed by atoms with Crippen LogP contribution in [-0.4, -0.2) is 48.1 Å². The van der Waals surface area contributed by atoms with E-state index in [1.807, 2.05) is 24.8 Å². The van der Waals surface area contributed by atoms with Crippen LogP contribution in [0.25, 0.3) is 44.6 Å². The van der Waals surface area contributed by atoms with Gasteiger partial charge in [-0.25, -0.2) is 4.98 Å². The Balaban J connectivity index is 1.26. The number of benzene rings is 1. The summed E-state index contributed by atoms with van der Waals surface area (Å²) in [5, 5.41) is 8.90. The number of likely N-dealkylation sites (tertiary alicyclic amines) is 1. The number of nitrogens with zero attached hydrogens (tertiary/aromatic N) is 5. The molecule has 2 N–H and O–H groups in total. The molecule has 5 heterocycles. The number of hydrogen-bond donors (Lipinski definition) is 2. The molecule has 2 aliphatic rings. The first-order valence-corrected chi connectivity index (χ1v) is 12.8. The van der Waals surface area contributed by atoms with E-state index in [4.69, 9.17) is 4.98 Å². The normalized spacial score (nSPS) is 17.3. The first kappa shape index (κ1) is 20.8. The lowest BCUT2D eigenvalue weighted by molar-refractivity contribution is 0.172. The Kier molecular flexibility index (Phi) is 5.09. The first-order chi connectivity index (χ1) is 17.3. The van der Waals surface area contributed by atoms with Crippen molar-refractivity contribution in [3.8, 4) is 22.6 Å². The molecular formula is C28H29N7. The largest absolute Gasteiger partial charge is 0.335 e. The Hall–Kier alpha value is -3.58. The average Bonchev–Trinajstić information content (AvgIpc) is 3.50. The molecule has 35 heavy (non-hydrogen) atoms. The number of nitrogens with one attached hydrogen (secondary N) is 2. The lowest BCUT2D eigenvalue weighted by Gasteiger charge is -2.30. The van der Waals surface area contributed by atoms with Crippen molar-refractivity contribution in [3.63, 3.8) is 0 Å². The maximum Gasteiger partial charge on any atom is 0.159 e. The molecule has 1 aliphatic heterocycles. The molecule has 4 aromatic heterocycles. The Morgan fingerprint density at radius 3 is 2.60 bits per heavy atom. The van der Waals surface area contributed by atoms with E-state index in [1.165, 1.54) is 62.7 Å². The van der Waals surface area contributed by atoms with Gasteiger partial charge in [0.1, 0.15) is 5.69 Å². The minimum atomic E-state index is 0.551. The van der Waals surface area contributed by atoms with Gasteiger partial charge in [-0.3, -0.25) is 20.0 Å². The fraction of sp³-hybridized carbons (Fsp3) is 0.357. The molecule has 176 valence electrons. The van der Waals surface area contributed by atoms with Crippen LogP contribution in [0.3, 0.4) is 0 Å². The Morgan fingerprint density at radius 1 is 0.857 bits per heavy atom. The van der Waals surface area contributed by atoms with Crippen LogP contribution in [0, 0.1) is 0 Å². The fourth-order valence-corrected chi connectivity index (χ4v) is 5.68. The Morgan fingerprint density at radius 2 is 1.74 bits per heavy atom. The first-order valence-electron chi connectivity index (χ1n) is 12.8. The molecule has 0 spiro atoms. The van der Waals surface area contributed by atoms with Crippen LogP contribution in [0.15, 0.2) is 49.1 Å². The summed E-state index contributed by atoms with van der Waals surface area (Å²) in [6.45, 7) is 3.34. The number of fused-ring (bicyclic) bond motifs is 2. The van der Waals surface area contributed by atoms with Gasteiger partial charge in [0.05, 0.1) is 22.7 Å². The number of hydrogen-bond acceptors (Lipinski definition) is 5. The second kappa shape index (κ2) is 8.57. The van der Waals surface area contributed by atoms with E-state index in [1.54, 1.807) is 0 Å². The molecule has 1 aromatic carbocycles. The van der Waals surface area contributed by atoms with Crippen molar-refractivity contribution in [2.45, 2.75) is 51.0 Å². The molecular weight excluding hydrogens is 434 g/mol. The number of H-pyrrole nitrogens is 2. The zero-order valence-electron chi connectivity index (χ0n) is 19.8. The van der Waals surface area contributed by atoms with Gasteiger partial charge >= 0.3 is 0 Å². The highest BCUT2D eigenvalue weighted by atomic mass is 15.2. The standard InChI is InChI=1S/C28H29N7/c1-2-5-19(6-3-1)23-15-30-16-25-26(23)32-28(31-25)27-22-12-20(7-8-24(22)33-34-27)21-11-18(13-29-14-21)17-35-9-4-10-35/h7-8,11-16,19H,1-6,9-10,17H2,(H,31,32)(H,33,34). The van der Waals surface area contributed by atoms with Gasteiger partial charge < -0.3 is 4.98 Å². The third-order valence-corrected chi connectivity index (χ3v) is 7.74. The number of imidazole rings is 1. The summed E-state index contributed by atoms with van der Waals surface area (Å²) in [5.41, 5.74) is 8.67. The second-order valence-electron chi connectivity index (χ2n) is 10.1. The summed E-state index contributed by atoms with van der Waals surface area (Å²) >= 11 is 0. The highest BCUT2D eigenvalue weighted by Crippen LogP contribution is 2.37. The van der Waals surface area contributed by atoms with Crippen molar-refractivity contribution in [2.24, 2.45) is 0 Å². The van der Waals surface area contributed by atoms with Gasteiger partial charge in [-0.15, -0.1) is 0 Å². The summed E-state index contributed by atoms with van der Waals surface area (Å²) in [4.78, 5) is 20.1. The molecule has 7 heteroatoms. The molecule has 1 aliphatic carbocycles. The van der Waals surface area contributed by atoms with Gasteiger partial charge in [-0.2, -0.15) is 5.10 Å². The van der Waals surface area contributed by atoms with Crippen molar-refractivity contribution >= 4 is 21.9 Å². The lowest BCUT2D eigenvalue weighted by atomic mass is 9.84. The summed E-state index contributed by atoms with van der Waals surface area (Å²) in [6.07, 6.45) is 15.5. The highest BCUT2D eigenvalue weighted by molar-refractivity contribution is 5.95. The van der Waals surface area contributed by atoms with E-state index >= 15 is 0 Å². The van der Waals surface area contributed by atoms with Crippen LogP contribution < -0.4 is 0 Å². The maximum atomic E-state index is 5.05. The minimum Gasteiger partial charge on any atom is -0.335 e. The van der Waals surface area contributed by atoms with Crippen LogP contribution in [0.5, 0.6) is 0 Å². The maximum absolute atomic E-state index is 5.05. The molecule has 5 aromatic rings. The van der Waals surface area contributed by atoms with E-state index in [0.717, 1.165) is 51.1 Å². The number of aromatic amines is 2. The van der Waals surface area contributed by atoms with Crippen LogP contribution in [-0.2, 0) is 6.54 Å². The molecule has 0 unspecified atom stereocenters. The van der Waals surface area contributed by atoms with E-state index in [0.29, 0.717) is 5.92 Å². The number of aromatic nitrogens is 6. The van der Waals surface area contributed by atoms with Crippen LogP contribution in [0.1, 0.15) is 55.6 Å². The van der Waals surface area contributed by atoms with Crippen LogP contribution >= 0.6 is 0 Å². The van der Waals surface area contributed by atoms with Gasteiger partial charge in [-0.1, -0.05) is 25.3 Å². The topological polar surface area (TPSA) is 86.4 Å². The summed E-state index contributed by atoms with van der Waals surface area (Å²) < 4.78 is 0. The second-order valence-corrected chi connectivity index (χ2v) is 10.1. The molecule has 7 rings (SSSR count). The molecule has 2 fully saturated rings. The smallest absolute Gasteiger partial charge is 0.159 e. The van der Waals surface area contributed by atoms with Crippen molar-refractivity contribution in [2.75, 3.05) is 13.1 Å². The molecule has 0 amide bonds. The molecule has 1 saturated heterocycles. The predicted octanol–water partition coefficient (Wildman–Crippen LogP) is 5.82. The van der Waals surface area contributed by atoms with Crippen LogP contribution in [0.2, 0.25) is 0 Å². The number of rotatable bonds is 5. The molecule has 7 nitrogen and oxygen atoms in total. The molecule has 1 saturated carbocycles. The van der Waals surface area contributed by atoms with Crippen molar-refractivity contribution in [1.82, 2.24) is 35.0 Å². The third-order valence-electron chi connectivity index (χ3n) is 7.74. The van der Waals surface area contributed by atoms with Gasteiger partial charge in [0, 0.05) is 41.6 Å². The SMILES string of the molecule is c1ncc(-c2ccc3[nH]nc(-c4nc5c(C6CCCCC6)cncc5[nH]4)c3c2)cc1CN1CCC1. The van der Waals surface area contributed by atoms with E-state index < -0.39 is 0 Å². The summed E-state index contributed by atoms with van der Waals surface area (Å²) in [5.74, 6) is 1.34. The zero-order valence-corrected chi connectivity index (χ0v) is 19.8. The highest BCUT2D eigenvalue weighted by Gasteiger charge is 2.21. The number of pyridine rings is 2. The van der Waals surface area contributed by atoms with Gasteiger partial charge in [0.25, 0.3) is 0 Å². The van der Waals surface area contributed by atoms with Crippen LogP contribution in [0.4, 0.5) is 0 Å². The van der Waals surface area contributed by atoms with Gasteiger partial charge in [-0.05, 0) is 67.6 Å². The summed E-state index contributed by atoms with van der Waals surface area (Å²) in [7, 11) is 0. The van der Waals surface area contributed by atoms with E-state index in [2.05, 4.69) is 54.3 Å². The van der Waals surface area contributed by atoms with Gasteiger partial charge in [0.15, 0.2) is 5.82 Å². The predicted molar refractivity (Wildman–Crippen MR) is 138 cm³/mol. The van der Waals surface area contributed by atoms with Crippen molar-refractivity contribution in [3.05, 3.63) is 60.2 Å². The van der Waals surface area contributed by atoms with E-state index in [9.17, 15) is 0 Å². The lowest BCUT2D eigenvalue weighted by Crippen LogP contribution is -2.36. The monoisotopic (exact) mass is 463 g/mol. The Bertz CT molecular complexity index is 1500. The van der Waals surface area contributed by atoms with E-state index in [-0.39, 0.29) is 0 Å². The average molecular weight is 464 g/mol.